The van der Waals surface area contributed by atoms with Crippen molar-refractivity contribution in [2.24, 2.45) is 23.2 Å². The van der Waals surface area contributed by atoms with Crippen LogP contribution in [0.3, 0.4) is 0 Å². The van der Waals surface area contributed by atoms with Gasteiger partial charge in [-0.3, -0.25) is 4.79 Å². The Morgan fingerprint density at radius 2 is 2.22 bits per heavy atom. The lowest BCUT2D eigenvalue weighted by atomic mass is 9.69. The molecule has 4 heteroatoms. The molecule has 0 radical (unpaired) electrons. The summed E-state index contributed by atoms with van der Waals surface area (Å²) in [5.41, 5.74) is -0.396. The van der Waals surface area contributed by atoms with E-state index in [0.717, 1.165) is 25.7 Å². The molecule has 0 bridgehead atoms. The summed E-state index contributed by atoms with van der Waals surface area (Å²) in [5, 5.41) is 20.2. The number of rotatable bonds is 1. The largest absolute Gasteiger partial charge is 0.462 e. The van der Waals surface area contributed by atoms with Gasteiger partial charge in [-0.15, -0.1) is 0 Å². The molecule has 1 aliphatic heterocycles. The lowest BCUT2D eigenvalue weighted by Crippen LogP contribution is -2.41. The normalized spacial score (nSPS) is 51.5. The molecular formula is C14H22O4. The number of carbonyl (C=O) groups excluding carboxylic acids is 1. The molecule has 3 fully saturated rings. The molecule has 1 saturated heterocycles. The molecule has 3 aliphatic rings. The van der Waals surface area contributed by atoms with E-state index in [9.17, 15) is 15.0 Å². The van der Waals surface area contributed by atoms with Crippen LogP contribution in [-0.2, 0) is 9.53 Å². The molecule has 6 atom stereocenters. The van der Waals surface area contributed by atoms with E-state index >= 15 is 0 Å². The molecule has 0 aromatic carbocycles. The van der Waals surface area contributed by atoms with Crippen LogP contribution in [0, 0.1) is 23.2 Å². The Kier molecular flexibility index (Phi) is 2.90. The maximum atomic E-state index is 11.4. The molecular weight excluding hydrogens is 232 g/mol. The van der Waals surface area contributed by atoms with Gasteiger partial charge in [-0.1, -0.05) is 6.92 Å². The lowest BCUT2D eigenvalue weighted by Gasteiger charge is -2.38. The highest BCUT2D eigenvalue weighted by atomic mass is 16.5. The minimum absolute atomic E-state index is 0.00808. The highest BCUT2D eigenvalue weighted by Crippen LogP contribution is 2.56. The standard InChI is InChI=1S/C14H22O4/c1-8-4-11-9(5-13(17)18-11)6-14(7-15)10(8)2-3-12(14)16/h8-12,15-16H,2-7H2,1H3/t8-,9-,10+,11+,12-,14+/m0/s1. The second-order valence-electron chi connectivity index (χ2n) is 6.50. The average Bonchev–Trinajstić information content (AvgIpc) is 2.79. The smallest absolute Gasteiger partial charge is 0.306 e. The Bertz CT molecular complexity index is 356. The predicted molar refractivity (Wildman–Crippen MR) is 64.6 cm³/mol. The van der Waals surface area contributed by atoms with Crippen molar-refractivity contribution in [3.8, 4) is 0 Å². The minimum atomic E-state index is -0.426. The van der Waals surface area contributed by atoms with Crippen molar-refractivity contribution < 1.29 is 19.7 Å². The van der Waals surface area contributed by atoms with E-state index in [2.05, 4.69) is 6.92 Å². The van der Waals surface area contributed by atoms with Gasteiger partial charge in [0.05, 0.1) is 19.1 Å². The van der Waals surface area contributed by atoms with Crippen LogP contribution in [0.4, 0.5) is 0 Å². The summed E-state index contributed by atoms with van der Waals surface area (Å²) in [7, 11) is 0. The second kappa shape index (κ2) is 4.20. The topological polar surface area (TPSA) is 66.8 Å². The fourth-order valence-corrected chi connectivity index (χ4v) is 4.71. The molecule has 0 aromatic rings. The number of aliphatic hydroxyl groups is 2. The number of ether oxygens (including phenoxy) is 1. The van der Waals surface area contributed by atoms with Gasteiger partial charge in [0.15, 0.2) is 0 Å². The van der Waals surface area contributed by atoms with Gasteiger partial charge in [0.2, 0.25) is 0 Å². The van der Waals surface area contributed by atoms with Crippen LogP contribution in [-0.4, -0.2) is 35.0 Å². The summed E-state index contributed by atoms with van der Waals surface area (Å²) in [6.07, 6.45) is 3.42. The third-order valence-electron chi connectivity index (χ3n) is 5.62. The Labute approximate surface area is 107 Å². The minimum Gasteiger partial charge on any atom is -0.462 e. The van der Waals surface area contributed by atoms with Gasteiger partial charge in [-0.2, -0.15) is 0 Å². The zero-order valence-electron chi connectivity index (χ0n) is 10.8. The third kappa shape index (κ3) is 1.62. The van der Waals surface area contributed by atoms with E-state index in [1.54, 1.807) is 0 Å². The lowest BCUT2D eigenvalue weighted by molar-refractivity contribution is -0.142. The Morgan fingerprint density at radius 3 is 2.94 bits per heavy atom. The van der Waals surface area contributed by atoms with Gasteiger partial charge >= 0.3 is 5.97 Å². The molecule has 0 aromatic heterocycles. The van der Waals surface area contributed by atoms with E-state index in [-0.39, 0.29) is 24.6 Å². The number of esters is 1. The molecule has 2 aliphatic carbocycles. The molecule has 0 spiro atoms. The van der Waals surface area contributed by atoms with Crippen molar-refractivity contribution in [3.63, 3.8) is 0 Å². The average molecular weight is 254 g/mol. The highest BCUT2D eigenvalue weighted by molar-refractivity contribution is 5.72. The first kappa shape index (κ1) is 12.4. The van der Waals surface area contributed by atoms with Crippen LogP contribution in [0.1, 0.15) is 39.0 Å². The molecule has 0 amide bonds. The summed E-state index contributed by atoms with van der Waals surface area (Å²) in [6.45, 7) is 2.20. The second-order valence-corrected chi connectivity index (χ2v) is 6.50. The molecule has 4 nitrogen and oxygen atoms in total. The van der Waals surface area contributed by atoms with E-state index in [4.69, 9.17) is 4.74 Å². The van der Waals surface area contributed by atoms with Crippen LogP contribution in [0.25, 0.3) is 0 Å². The van der Waals surface area contributed by atoms with Gasteiger partial charge in [0, 0.05) is 11.3 Å². The summed E-state index contributed by atoms with van der Waals surface area (Å²) in [5.74, 6) is 0.832. The fraction of sp³-hybridized carbons (Fsp3) is 0.929. The summed E-state index contributed by atoms with van der Waals surface area (Å²) in [4.78, 5) is 11.4. The summed E-state index contributed by atoms with van der Waals surface area (Å²) < 4.78 is 5.40. The quantitative estimate of drug-likeness (QED) is 0.688. The van der Waals surface area contributed by atoms with Crippen LogP contribution in [0.15, 0.2) is 0 Å². The van der Waals surface area contributed by atoms with E-state index in [1.165, 1.54) is 0 Å². The zero-order valence-corrected chi connectivity index (χ0v) is 10.8. The first-order valence-electron chi connectivity index (χ1n) is 7.05. The van der Waals surface area contributed by atoms with Crippen molar-refractivity contribution in [1.82, 2.24) is 0 Å². The molecule has 2 saturated carbocycles. The Balaban J connectivity index is 1.93. The predicted octanol–water partition coefficient (Wildman–Crippen LogP) is 1.10. The maximum Gasteiger partial charge on any atom is 0.306 e. The van der Waals surface area contributed by atoms with Gasteiger partial charge in [0.1, 0.15) is 6.10 Å². The van der Waals surface area contributed by atoms with Crippen molar-refractivity contribution in [1.29, 1.82) is 0 Å². The van der Waals surface area contributed by atoms with Crippen molar-refractivity contribution in [2.45, 2.75) is 51.2 Å². The first-order chi connectivity index (χ1) is 8.56. The Morgan fingerprint density at radius 1 is 1.44 bits per heavy atom. The SMILES string of the molecule is C[C@H]1C[C@H]2OC(=O)C[C@H]2C[C@@]2(CO)[C@@H]1CC[C@@H]2O. The first-order valence-corrected chi connectivity index (χ1v) is 7.05. The van der Waals surface area contributed by atoms with Gasteiger partial charge in [-0.25, -0.2) is 0 Å². The van der Waals surface area contributed by atoms with Crippen molar-refractivity contribution in [3.05, 3.63) is 0 Å². The van der Waals surface area contributed by atoms with Crippen LogP contribution < -0.4 is 0 Å². The van der Waals surface area contributed by atoms with E-state index < -0.39 is 11.5 Å². The monoisotopic (exact) mass is 254 g/mol. The van der Waals surface area contributed by atoms with Gasteiger partial charge in [0.25, 0.3) is 0 Å². The Hall–Kier alpha value is -0.610. The van der Waals surface area contributed by atoms with E-state index in [0.29, 0.717) is 18.3 Å². The van der Waals surface area contributed by atoms with Crippen LogP contribution in [0.2, 0.25) is 0 Å². The molecule has 0 unspecified atom stereocenters. The van der Waals surface area contributed by atoms with Gasteiger partial charge < -0.3 is 14.9 Å². The third-order valence-corrected chi connectivity index (χ3v) is 5.62. The highest BCUT2D eigenvalue weighted by Gasteiger charge is 2.56. The number of carbonyl (C=O) groups is 1. The van der Waals surface area contributed by atoms with E-state index in [1.807, 2.05) is 0 Å². The maximum absolute atomic E-state index is 11.4. The number of hydrogen-bond acceptors (Lipinski definition) is 4. The van der Waals surface area contributed by atoms with Gasteiger partial charge in [-0.05, 0) is 37.5 Å². The van der Waals surface area contributed by atoms with Crippen LogP contribution in [0.5, 0.6) is 0 Å². The number of hydrogen-bond donors (Lipinski definition) is 2. The molecule has 18 heavy (non-hydrogen) atoms. The summed E-state index contributed by atoms with van der Waals surface area (Å²) >= 11 is 0. The zero-order chi connectivity index (χ0) is 12.9. The molecule has 2 N–H and O–H groups in total. The molecule has 102 valence electrons. The fourth-order valence-electron chi connectivity index (χ4n) is 4.71. The van der Waals surface area contributed by atoms with Crippen LogP contribution >= 0.6 is 0 Å². The van der Waals surface area contributed by atoms with Crippen molar-refractivity contribution in [2.75, 3.05) is 6.61 Å². The molecule has 1 heterocycles. The number of fused-ring (bicyclic) bond motifs is 2. The summed E-state index contributed by atoms with van der Waals surface area (Å²) in [6, 6.07) is 0. The molecule has 3 rings (SSSR count). The number of aliphatic hydroxyl groups excluding tert-OH is 2. The van der Waals surface area contributed by atoms with Crippen molar-refractivity contribution >= 4 is 5.97 Å².